The number of ether oxygens (including phenoxy) is 1. The first kappa shape index (κ1) is 17.8. The quantitative estimate of drug-likeness (QED) is 0.932. The Balaban J connectivity index is 2.04. The van der Waals surface area contributed by atoms with Gasteiger partial charge in [0.1, 0.15) is 5.75 Å². The minimum Gasteiger partial charge on any atom is -0.481 e. The van der Waals surface area contributed by atoms with Crippen molar-refractivity contribution in [1.82, 2.24) is 4.90 Å². The molecule has 23 heavy (non-hydrogen) atoms. The first-order valence-corrected chi connectivity index (χ1v) is 8.51. The fourth-order valence-electron chi connectivity index (χ4n) is 3.06. The number of amides is 1. The molecule has 1 aliphatic heterocycles. The molecule has 1 saturated heterocycles. The average molecular weight is 318 g/mol. The van der Waals surface area contributed by atoms with E-state index in [0.717, 1.165) is 25.1 Å². The molecule has 0 aromatic heterocycles. The molecule has 4 heteroatoms. The third-order valence-corrected chi connectivity index (χ3v) is 4.56. The van der Waals surface area contributed by atoms with Gasteiger partial charge in [-0.05, 0) is 49.8 Å². The number of hydrogen-bond acceptors (Lipinski definition) is 3. The van der Waals surface area contributed by atoms with Crippen LogP contribution in [0, 0.1) is 0 Å². The minimum atomic E-state index is -0.484. The monoisotopic (exact) mass is 318 g/mol. The summed E-state index contributed by atoms with van der Waals surface area (Å²) >= 11 is 0. The van der Waals surface area contributed by atoms with Gasteiger partial charge >= 0.3 is 0 Å². The van der Waals surface area contributed by atoms with Crippen molar-refractivity contribution in [1.29, 1.82) is 0 Å². The highest BCUT2D eigenvalue weighted by Crippen LogP contribution is 2.26. The maximum atomic E-state index is 12.7. The van der Waals surface area contributed by atoms with Crippen LogP contribution in [-0.4, -0.2) is 35.5 Å². The first-order chi connectivity index (χ1) is 10.7. The van der Waals surface area contributed by atoms with Crippen molar-refractivity contribution in [2.75, 3.05) is 6.54 Å². The Morgan fingerprint density at radius 1 is 1.39 bits per heavy atom. The molecule has 0 radical (unpaired) electrons. The van der Waals surface area contributed by atoms with Crippen LogP contribution in [0.1, 0.15) is 53.0 Å². The van der Waals surface area contributed by atoms with Crippen LogP contribution in [-0.2, 0) is 10.2 Å². The Labute approximate surface area is 140 Å². The summed E-state index contributed by atoms with van der Waals surface area (Å²) in [5.41, 5.74) is 7.24. The molecule has 2 rings (SSSR count). The van der Waals surface area contributed by atoms with E-state index in [-0.39, 0.29) is 23.4 Å². The third kappa shape index (κ3) is 4.47. The Hall–Kier alpha value is -1.55. The second-order valence-electron chi connectivity index (χ2n) is 7.70. The van der Waals surface area contributed by atoms with E-state index < -0.39 is 6.10 Å². The van der Waals surface area contributed by atoms with E-state index >= 15 is 0 Å². The number of nitrogens with two attached hydrogens (primary N) is 1. The molecule has 1 fully saturated rings. The fraction of sp³-hybridized carbons (Fsp3) is 0.632. The smallest absolute Gasteiger partial charge is 0.263 e. The SMILES string of the molecule is C[C@H](Oc1cccc(C(C)(C)C)c1)C(=O)N1CC[C@H](N)C[C@H]1C. The normalized spacial score (nSPS) is 23.5. The zero-order valence-electron chi connectivity index (χ0n) is 15.0. The van der Waals surface area contributed by atoms with E-state index in [1.807, 2.05) is 30.0 Å². The fourth-order valence-corrected chi connectivity index (χ4v) is 3.06. The van der Waals surface area contributed by atoms with E-state index in [1.165, 1.54) is 5.56 Å². The van der Waals surface area contributed by atoms with Crippen LogP contribution in [0.25, 0.3) is 0 Å². The van der Waals surface area contributed by atoms with Crippen LogP contribution >= 0.6 is 0 Å². The second kappa shape index (κ2) is 6.91. The van der Waals surface area contributed by atoms with Crippen molar-refractivity contribution >= 4 is 5.91 Å². The van der Waals surface area contributed by atoms with Gasteiger partial charge in [-0.15, -0.1) is 0 Å². The average Bonchev–Trinajstić information content (AvgIpc) is 2.46. The molecule has 1 amide bonds. The standard InChI is InChI=1S/C19H30N2O2/c1-13-11-16(20)9-10-21(13)18(22)14(2)23-17-8-6-7-15(12-17)19(3,4)5/h6-8,12-14,16H,9-11,20H2,1-5H3/t13-,14+,16+/m1/s1. The lowest BCUT2D eigenvalue weighted by molar-refractivity contribution is -0.141. The van der Waals surface area contributed by atoms with Gasteiger partial charge < -0.3 is 15.4 Å². The molecule has 1 heterocycles. The molecular weight excluding hydrogens is 288 g/mol. The Morgan fingerprint density at radius 2 is 2.09 bits per heavy atom. The molecule has 3 atom stereocenters. The van der Waals surface area contributed by atoms with Crippen LogP contribution in [0.15, 0.2) is 24.3 Å². The molecule has 0 unspecified atom stereocenters. The van der Waals surface area contributed by atoms with Crippen molar-refractivity contribution in [3.8, 4) is 5.75 Å². The van der Waals surface area contributed by atoms with Crippen molar-refractivity contribution in [3.63, 3.8) is 0 Å². The van der Waals surface area contributed by atoms with Gasteiger partial charge in [0.25, 0.3) is 5.91 Å². The zero-order valence-corrected chi connectivity index (χ0v) is 15.0. The van der Waals surface area contributed by atoms with Gasteiger partial charge in [-0.2, -0.15) is 0 Å². The van der Waals surface area contributed by atoms with E-state index in [1.54, 1.807) is 0 Å². The number of piperidine rings is 1. The molecular formula is C19H30N2O2. The Kier molecular flexibility index (Phi) is 5.35. The lowest BCUT2D eigenvalue weighted by Crippen LogP contribution is -2.51. The summed E-state index contributed by atoms with van der Waals surface area (Å²) in [7, 11) is 0. The van der Waals surface area contributed by atoms with Crippen molar-refractivity contribution in [3.05, 3.63) is 29.8 Å². The molecule has 0 spiro atoms. The highest BCUT2D eigenvalue weighted by atomic mass is 16.5. The minimum absolute atomic E-state index is 0.0468. The summed E-state index contributed by atoms with van der Waals surface area (Å²) in [5, 5.41) is 0. The molecule has 0 bridgehead atoms. The van der Waals surface area contributed by atoms with Crippen LogP contribution in [0.3, 0.4) is 0 Å². The summed E-state index contributed by atoms with van der Waals surface area (Å²) in [6.07, 6.45) is 1.24. The number of carbonyl (C=O) groups is 1. The van der Waals surface area contributed by atoms with E-state index in [2.05, 4.69) is 33.8 Å². The van der Waals surface area contributed by atoms with Crippen LogP contribution in [0.2, 0.25) is 0 Å². The highest BCUT2D eigenvalue weighted by Gasteiger charge is 2.30. The van der Waals surface area contributed by atoms with E-state index in [4.69, 9.17) is 10.5 Å². The lowest BCUT2D eigenvalue weighted by atomic mass is 9.87. The Morgan fingerprint density at radius 3 is 2.70 bits per heavy atom. The summed E-state index contributed by atoms with van der Waals surface area (Å²) in [6, 6.07) is 8.39. The van der Waals surface area contributed by atoms with Crippen molar-refractivity contribution < 1.29 is 9.53 Å². The van der Waals surface area contributed by atoms with E-state index in [9.17, 15) is 4.79 Å². The molecule has 0 saturated carbocycles. The number of nitrogens with zero attached hydrogens (tertiary/aromatic N) is 1. The second-order valence-corrected chi connectivity index (χ2v) is 7.70. The molecule has 2 N–H and O–H groups in total. The van der Waals surface area contributed by atoms with Gasteiger partial charge in [-0.25, -0.2) is 0 Å². The van der Waals surface area contributed by atoms with Gasteiger partial charge in [0.15, 0.2) is 6.10 Å². The van der Waals surface area contributed by atoms with E-state index in [0.29, 0.717) is 0 Å². The number of benzene rings is 1. The zero-order chi connectivity index (χ0) is 17.2. The summed E-state index contributed by atoms with van der Waals surface area (Å²) in [4.78, 5) is 14.6. The largest absolute Gasteiger partial charge is 0.481 e. The summed E-state index contributed by atoms with van der Waals surface area (Å²) in [5.74, 6) is 0.796. The Bertz CT molecular complexity index is 551. The first-order valence-electron chi connectivity index (χ1n) is 8.51. The lowest BCUT2D eigenvalue weighted by Gasteiger charge is -2.37. The number of rotatable bonds is 3. The van der Waals surface area contributed by atoms with Crippen LogP contribution in [0.4, 0.5) is 0 Å². The topological polar surface area (TPSA) is 55.6 Å². The predicted molar refractivity (Wildman–Crippen MR) is 93.6 cm³/mol. The maximum absolute atomic E-state index is 12.7. The van der Waals surface area contributed by atoms with Crippen molar-refractivity contribution in [2.24, 2.45) is 5.73 Å². The number of hydrogen-bond donors (Lipinski definition) is 1. The van der Waals surface area contributed by atoms with Crippen LogP contribution in [0.5, 0.6) is 5.75 Å². The molecule has 1 aromatic rings. The summed E-state index contributed by atoms with van der Waals surface area (Å²) < 4.78 is 5.92. The van der Waals surface area contributed by atoms with Gasteiger partial charge in [0.2, 0.25) is 0 Å². The van der Waals surface area contributed by atoms with Gasteiger partial charge in [0.05, 0.1) is 0 Å². The van der Waals surface area contributed by atoms with Crippen LogP contribution < -0.4 is 10.5 Å². The van der Waals surface area contributed by atoms with Gasteiger partial charge in [-0.3, -0.25) is 4.79 Å². The number of carbonyl (C=O) groups excluding carboxylic acids is 1. The third-order valence-electron chi connectivity index (χ3n) is 4.56. The van der Waals surface area contributed by atoms with Crippen molar-refractivity contribution in [2.45, 2.75) is 71.1 Å². The maximum Gasteiger partial charge on any atom is 0.263 e. The predicted octanol–water partition coefficient (Wildman–Crippen LogP) is 3.09. The molecule has 1 aliphatic rings. The summed E-state index contributed by atoms with van der Waals surface area (Å²) in [6.45, 7) is 11.1. The highest BCUT2D eigenvalue weighted by molar-refractivity contribution is 5.81. The molecule has 4 nitrogen and oxygen atoms in total. The molecule has 0 aliphatic carbocycles. The van der Waals surface area contributed by atoms with Gasteiger partial charge in [-0.1, -0.05) is 32.9 Å². The molecule has 128 valence electrons. The van der Waals surface area contributed by atoms with Gasteiger partial charge in [0, 0.05) is 18.6 Å². The number of likely N-dealkylation sites (tertiary alicyclic amines) is 1. The molecule has 1 aromatic carbocycles.